The minimum absolute atomic E-state index is 0.171. The Hall–Kier alpha value is -3.73. The van der Waals surface area contributed by atoms with E-state index in [0.717, 1.165) is 19.3 Å². The molecule has 4 rings (SSSR count). The molecule has 3 heterocycles. The van der Waals surface area contributed by atoms with Crippen LogP contribution >= 0.6 is 0 Å². The van der Waals surface area contributed by atoms with Gasteiger partial charge in [-0.2, -0.15) is 4.80 Å². The zero-order chi connectivity index (χ0) is 26.2. The Bertz CT molecular complexity index is 1160. The van der Waals surface area contributed by atoms with Crippen molar-refractivity contribution in [2.75, 3.05) is 19.7 Å². The first-order valence-electron chi connectivity index (χ1n) is 12.5. The van der Waals surface area contributed by atoms with Crippen LogP contribution in [0.3, 0.4) is 0 Å². The van der Waals surface area contributed by atoms with Gasteiger partial charge in [-0.3, -0.25) is 14.6 Å². The molecule has 196 valence electrons. The molecule has 2 amide bonds. The van der Waals surface area contributed by atoms with Crippen LogP contribution in [0.25, 0.3) is 11.4 Å². The topological polar surface area (TPSA) is 115 Å². The lowest BCUT2D eigenvalue weighted by molar-refractivity contribution is -0.143. The summed E-state index contributed by atoms with van der Waals surface area (Å²) >= 11 is 0. The molecular weight excluding hydrogens is 477 g/mol. The van der Waals surface area contributed by atoms with Crippen molar-refractivity contribution in [1.82, 2.24) is 35.4 Å². The van der Waals surface area contributed by atoms with Gasteiger partial charge in [-0.05, 0) is 72.4 Å². The van der Waals surface area contributed by atoms with Crippen molar-refractivity contribution in [2.24, 2.45) is 5.92 Å². The molecule has 37 heavy (non-hydrogen) atoms. The lowest BCUT2D eigenvalue weighted by Gasteiger charge is -2.33. The third-order valence-corrected chi connectivity index (χ3v) is 6.18. The minimum atomic E-state index is -0.869. The molecule has 3 aromatic rings. The highest BCUT2D eigenvalue weighted by Gasteiger charge is 2.34. The summed E-state index contributed by atoms with van der Waals surface area (Å²) in [5, 5.41) is 15.3. The predicted octanol–water partition coefficient (Wildman–Crippen LogP) is 2.79. The van der Waals surface area contributed by atoms with Crippen LogP contribution in [0.4, 0.5) is 4.39 Å². The van der Waals surface area contributed by atoms with Crippen LogP contribution in [0, 0.1) is 11.7 Å². The molecule has 0 saturated carbocycles. The van der Waals surface area contributed by atoms with Gasteiger partial charge in [-0.1, -0.05) is 13.8 Å². The summed E-state index contributed by atoms with van der Waals surface area (Å²) in [5.41, 5.74) is 1.23. The van der Waals surface area contributed by atoms with Gasteiger partial charge < -0.3 is 15.0 Å². The van der Waals surface area contributed by atoms with Gasteiger partial charge in [0.2, 0.25) is 17.6 Å². The molecule has 0 spiro atoms. The largest absolute Gasteiger partial charge is 0.376 e. The van der Waals surface area contributed by atoms with Crippen LogP contribution in [0.5, 0.6) is 0 Å². The Labute approximate surface area is 215 Å². The summed E-state index contributed by atoms with van der Waals surface area (Å²) < 4.78 is 19.1. The first-order chi connectivity index (χ1) is 17.9. The van der Waals surface area contributed by atoms with Crippen LogP contribution in [-0.4, -0.2) is 67.7 Å². The van der Waals surface area contributed by atoms with Crippen molar-refractivity contribution >= 4 is 11.8 Å². The van der Waals surface area contributed by atoms with E-state index in [9.17, 15) is 14.0 Å². The molecule has 0 radical (unpaired) electrons. The fourth-order valence-electron chi connectivity index (χ4n) is 4.19. The number of aromatic nitrogens is 5. The first-order valence-corrected chi connectivity index (χ1v) is 12.5. The number of rotatable bonds is 11. The second-order valence-corrected chi connectivity index (χ2v) is 9.49. The SMILES string of the molecule is CC(C)CCNC(=O)[C@@H](c1ccncc1)N(C[C@H]1CCCO1)C(=O)Cn1nnc(-c2ccc(F)cc2)n1. The summed E-state index contributed by atoms with van der Waals surface area (Å²) in [6, 6.07) is 8.31. The van der Waals surface area contributed by atoms with Gasteiger partial charge in [0.25, 0.3) is 0 Å². The van der Waals surface area contributed by atoms with Gasteiger partial charge in [-0.25, -0.2) is 4.39 Å². The Morgan fingerprint density at radius 3 is 2.62 bits per heavy atom. The van der Waals surface area contributed by atoms with Crippen molar-refractivity contribution in [2.45, 2.75) is 51.8 Å². The third kappa shape index (κ3) is 7.16. The normalized spacial score (nSPS) is 16.1. The number of carbonyl (C=O) groups is 2. The summed E-state index contributed by atoms with van der Waals surface area (Å²) in [5.74, 6) is -0.283. The molecule has 11 heteroatoms. The van der Waals surface area contributed by atoms with Crippen LogP contribution in [0.15, 0.2) is 48.8 Å². The van der Waals surface area contributed by atoms with Gasteiger partial charge in [0.1, 0.15) is 18.4 Å². The van der Waals surface area contributed by atoms with E-state index in [-0.39, 0.29) is 42.6 Å². The Morgan fingerprint density at radius 1 is 1.19 bits per heavy atom. The van der Waals surface area contributed by atoms with Gasteiger partial charge in [0.15, 0.2) is 0 Å². The van der Waals surface area contributed by atoms with E-state index in [1.165, 1.54) is 21.8 Å². The molecule has 1 aliphatic rings. The van der Waals surface area contributed by atoms with Gasteiger partial charge in [0.05, 0.1) is 6.10 Å². The molecule has 1 aromatic carbocycles. The number of nitrogens with one attached hydrogen (secondary N) is 1. The number of hydrogen-bond donors (Lipinski definition) is 1. The molecule has 0 aliphatic carbocycles. The fourth-order valence-corrected chi connectivity index (χ4v) is 4.19. The average Bonchev–Trinajstić information content (AvgIpc) is 3.57. The maximum Gasteiger partial charge on any atom is 0.247 e. The smallest absolute Gasteiger partial charge is 0.247 e. The Morgan fingerprint density at radius 2 is 1.95 bits per heavy atom. The average molecular weight is 510 g/mol. The van der Waals surface area contributed by atoms with Crippen molar-refractivity contribution in [3.63, 3.8) is 0 Å². The molecular formula is C26H32FN7O3. The van der Waals surface area contributed by atoms with Crippen LogP contribution in [-0.2, 0) is 20.9 Å². The number of carbonyl (C=O) groups excluding carboxylic acids is 2. The van der Waals surface area contributed by atoms with Crippen molar-refractivity contribution in [3.8, 4) is 11.4 Å². The van der Waals surface area contributed by atoms with Crippen molar-refractivity contribution < 1.29 is 18.7 Å². The number of benzene rings is 1. The maximum absolute atomic E-state index is 13.7. The quantitative estimate of drug-likeness (QED) is 0.423. The first kappa shape index (κ1) is 26.3. The van der Waals surface area contributed by atoms with Crippen molar-refractivity contribution in [3.05, 3.63) is 60.2 Å². The molecule has 0 unspecified atom stereocenters. The van der Waals surface area contributed by atoms with Crippen LogP contribution in [0.1, 0.15) is 44.7 Å². The number of halogens is 1. The summed E-state index contributed by atoms with van der Waals surface area (Å²) in [7, 11) is 0. The van der Waals surface area contributed by atoms with E-state index in [0.29, 0.717) is 30.2 Å². The summed E-state index contributed by atoms with van der Waals surface area (Å²) in [4.78, 5) is 33.9. The second-order valence-electron chi connectivity index (χ2n) is 9.49. The maximum atomic E-state index is 13.7. The number of hydrogen-bond acceptors (Lipinski definition) is 7. The third-order valence-electron chi connectivity index (χ3n) is 6.18. The van der Waals surface area contributed by atoms with E-state index >= 15 is 0 Å². The highest BCUT2D eigenvalue weighted by Crippen LogP contribution is 2.25. The number of nitrogens with zero attached hydrogens (tertiary/aromatic N) is 6. The number of tetrazole rings is 1. The standard InChI is InChI=1S/C26H32FN7O3/c1-18(2)9-14-29-26(36)24(19-10-12-28-13-11-19)33(16-22-4-3-15-37-22)23(35)17-34-31-25(30-32-34)20-5-7-21(27)8-6-20/h5-8,10-13,18,22,24H,3-4,9,14-17H2,1-2H3,(H,29,36)/t22-,24-/m1/s1. The van der Waals surface area contributed by atoms with Gasteiger partial charge in [-0.15, -0.1) is 10.2 Å². The fraction of sp³-hybridized carbons (Fsp3) is 0.462. The molecule has 10 nitrogen and oxygen atoms in total. The van der Waals surface area contributed by atoms with E-state index < -0.39 is 6.04 Å². The van der Waals surface area contributed by atoms with Gasteiger partial charge >= 0.3 is 0 Å². The van der Waals surface area contributed by atoms with Gasteiger partial charge in [0, 0.05) is 37.7 Å². The minimum Gasteiger partial charge on any atom is -0.376 e. The van der Waals surface area contributed by atoms with E-state index in [2.05, 4.69) is 39.6 Å². The monoisotopic (exact) mass is 509 g/mol. The summed E-state index contributed by atoms with van der Waals surface area (Å²) in [6.07, 6.45) is 5.56. The Kier molecular flexibility index (Phi) is 8.89. The number of amides is 2. The number of ether oxygens (including phenoxy) is 1. The Balaban J connectivity index is 1.58. The van der Waals surface area contributed by atoms with Crippen molar-refractivity contribution in [1.29, 1.82) is 0 Å². The predicted molar refractivity (Wildman–Crippen MR) is 133 cm³/mol. The van der Waals surface area contributed by atoms with E-state index in [1.54, 1.807) is 36.7 Å². The second kappa shape index (κ2) is 12.5. The molecule has 1 saturated heterocycles. The van der Waals surface area contributed by atoms with Crippen LogP contribution in [0.2, 0.25) is 0 Å². The zero-order valence-corrected chi connectivity index (χ0v) is 21.1. The lowest BCUT2D eigenvalue weighted by atomic mass is 10.0. The molecule has 1 fully saturated rings. The zero-order valence-electron chi connectivity index (χ0n) is 21.1. The molecule has 1 aliphatic heterocycles. The lowest BCUT2D eigenvalue weighted by Crippen LogP contribution is -2.48. The molecule has 1 N–H and O–H groups in total. The highest BCUT2D eigenvalue weighted by atomic mass is 19.1. The molecule has 0 bridgehead atoms. The summed E-state index contributed by atoms with van der Waals surface area (Å²) in [6.45, 7) is 5.34. The number of pyridine rings is 1. The molecule has 2 atom stereocenters. The molecule has 2 aromatic heterocycles. The van der Waals surface area contributed by atoms with E-state index in [4.69, 9.17) is 4.74 Å². The highest BCUT2D eigenvalue weighted by molar-refractivity contribution is 5.88. The van der Waals surface area contributed by atoms with E-state index in [1.807, 2.05) is 0 Å². The van der Waals surface area contributed by atoms with Crippen LogP contribution < -0.4 is 5.32 Å².